The predicted octanol–water partition coefficient (Wildman–Crippen LogP) is 3.58. The van der Waals surface area contributed by atoms with Gasteiger partial charge in [-0.15, -0.1) is 0 Å². The molecule has 0 radical (unpaired) electrons. The minimum atomic E-state index is -0.201. The standard InChI is InChI=1S/C12H13Cl3N2O/c1-6-2-3-16-10(6)12(18)17-11-8(14)4-7(13)5-9(11)15/h4-6,10,16H,2-3H2,1H3,(H,17,18). The van der Waals surface area contributed by atoms with Crippen LogP contribution in [0.3, 0.4) is 0 Å². The van der Waals surface area contributed by atoms with E-state index >= 15 is 0 Å². The number of hydrogen-bond acceptors (Lipinski definition) is 2. The zero-order valence-electron chi connectivity index (χ0n) is 9.77. The smallest absolute Gasteiger partial charge is 0.241 e. The molecule has 0 saturated carbocycles. The Morgan fingerprint density at radius 1 is 1.33 bits per heavy atom. The number of hydrogen-bond donors (Lipinski definition) is 2. The number of halogens is 3. The summed E-state index contributed by atoms with van der Waals surface area (Å²) in [6, 6.07) is 2.90. The van der Waals surface area contributed by atoms with Gasteiger partial charge in [0.1, 0.15) is 0 Å². The van der Waals surface area contributed by atoms with E-state index in [9.17, 15) is 4.79 Å². The first-order valence-electron chi connectivity index (χ1n) is 5.68. The maximum atomic E-state index is 12.1. The SMILES string of the molecule is CC1CCNC1C(=O)Nc1c(Cl)cc(Cl)cc1Cl. The third kappa shape index (κ3) is 2.91. The molecule has 98 valence electrons. The predicted molar refractivity (Wildman–Crippen MR) is 75.7 cm³/mol. The van der Waals surface area contributed by atoms with Crippen LogP contribution in [-0.4, -0.2) is 18.5 Å². The van der Waals surface area contributed by atoms with Crippen LogP contribution in [0.25, 0.3) is 0 Å². The summed E-state index contributed by atoms with van der Waals surface area (Å²) in [6.07, 6.45) is 0.986. The van der Waals surface area contributed by atoms with Gasteiger partial charge in [0.2, 0.25) is 5.91 Å². The molecule has 1 aromatic rings. The summed E-state index contributed by atoms with van der Waals surface area (Å²) in [7, 11) is 0. The van der Waals surface area contributed by atoms with Gasteiger partial charge in [0.25, 0.3) is 0 Å². The van der Waals surface area contributed by atoms with Crippen molar-refractivity contribution in [3.8, 4) is 0 Å². The fourth-order valence-corrected chi connectivity index (χ4v) is 2.96. The number of benzene rings is 1. The molecular formula is C12H13Cl3N2O. The van der Waals surface area contributed by atoms with Crippen molar-refractivity contribution in [3.05, 3.63) is 27.2 Å². The molecular weight excluding hydrogens is 295 g/mol. The van der Waals surface area contributed by atoms with E-state index < -0.39 is 0 Å². The highest BCUT2D eigenvalue weighted by Gasteiger charge is 2.29. The molecule has 1 aliphatic rings. The van der Waals surface area contributed by atoms with E-state index in [1.165, 1.54) is 0 Å². The van der Waals surface area contributed by atoms with Gasteiger partial charge < -0.3 is 10.6 Å². The zero-order chi connectivity index (χ0) is 13.3. The molecule has 2 unspecified atom stereocenters. The molecule has 1 amide bonds. The summed E-state index contributed by atoms with van der Waals surface area (Å²) in [5.41, 5.74) is 0.411. The molecule has 0 aliphatic carbocycles. The summed E-state index contributed by atoms with van der Waals surface area (Å²) in [5, 5.41) is 7.03. The van der Waals surface area contributed by atoms with Crippen LogP contribution in [0.15, 0.2) is 12.1 Å². The van der Waals surface area contributed by atoms with Gasteiger partial charge in [0, 0.05) is 5.02 Å². The molecule has 18 heavy (non-hydrogen) atoms. The Balaban J connectivity index is 2.17. The summed E-state index contributed by atoms with van der Waals surface area (Å²) in [4.78, 5) is 12.1. The van der Waals surface area contributed by atoms with Gasteiger partial charge in [0.15, 0.2) is 0 Å². The van der Waals surface area contributed by atoms with Crippen molar-refractivity contribution in [2.75, 3.05) is 11.9 Å². The number of anilines is 1. The number of carbonyl (C=O) groups excluding carboxylic acids is 1. The van der Waals surface area contributed by atoms with E-state index in [4.69, 9.17) is 34.8 Å². The Kier molecular flexibility index (Phi) is 4.38. The maximum absolute atomic E-state index is 12.1. The molecule has 2 atom stereocenters. The molecule has 2 N–H and O–H groups in total. The Bertz CT molecular complexity index is 455. The fraction of sp³-hybridized carbons (Fsp3) is 0.417. The van der Waals surface area contributed by atoms with Gasteiger partial charge in [-0.3, -0.25) is 4.79 Å². The molecule has 3 nitrogen and oxygen atoms in total. The van der Waals surface area contributed by atoms with Crippen molar-refractivity contribution < 1.29 is 4.79 Å². The molecule has 0 spiro atoms. The molecule has 1 aromatic carbocycles. The summed E-state index contributed by atoms with van der Waals surface area (Å²) in [5.74, 6) is 0.181. The second kappa shape index (κ2) is 5.66. The van der Waals surface area contributed by atoms with Crippen LogP contribution < -0.4 is 10.6 Å². The number of amides is 1. The Morgan fingerprint density at radius 2 is 1.94 bits per heavy atom. The van der Waals surface area contributed by atoms with Crippen molar-refractivity contribution in [2.24, 2.45) is 5.92 Å². The highest BCUT2D eigenvalue weighted by atomic mass is 35.5. The van der Waals surface area contributed by atoms with Crippen LogP contribution in [0.5, 0.6) is 0 Å². The van der Waals surface area contributed by atoms with Crippen LogP contribution in [0.4, 0.5) is 5.69 Å². The molecule has 0 aromatic heterocycles. The van der Waals surface area contributed by atoms with Crippen molar-refractivity contribution >= 4 is 46.4 Å². The summed E-state index contributed by atoms with van der Waals surface area (Å²) < 4.78 is 0. The number of rotatable bonds is 2. The first-order valence-corrected chi connectivity index (χ1v) is 6.81. The van der Waals surface area contributed by atoms with Gasteiger partial charge in [-0.2, -0.15) is 0 Å². The van der Waals surface area contributed by atoms with Crippen LogP contribution >= 0.6 is 34.8 Å². The quantitative estimate of drug-likeness (QED) is 0.877. The molecule has 1 saturated heterocycles. The van der Waals surface area contributed by atoms with Crippen molar-refractivity contribution in [2.45, 2.75) is 19.4 Å². The van der Waals surface area contributed by atoms with Gasteiger partial charge >= 0.3 is 0 Å². The molecule has 1 aliphatic heterocycles. The lowest BCUT2D eigenvalue weighted by Gasteiger charge is -2.17. The van der Waals surface area contributed by atoms with Crippen LogP contribution in [0.2, 0.25) is 15.1 Å². The summed E-state index contributed by atoms with van der Waals surface area (Å²) in [6.45, 7) is 2.89. The first-order chi connectivity index (χ1) is 8.49. The van der Waals surface area contributed by atoms with E-state index in [0.29, 0.717) is 26.7 Å². The molecule has 2 rings (SSSR count). The number of nitrogens with one attached hydrogen (secondary N) is 2. The minimum Gasteiger partial charge on any atom is -0.322 e. The van der Waals surface area contributed by atoms with Gasteiger partial charge in [-0.25, -0.2) is 0 Å². The molecule has 6 heteroatoms. The van der Waals surface area contributed by atoms with Crippen LogP contribution in [0.1, 0.15) is 13.3 Å². The highest BCUT2D eigenvalue weighted by Crippen LogP contribution is 2.34. The first kappa shape index (κ1) is 13.9. The third-order valence-electron chi connectivity index (χ3n) is 3.07. The van der Waals surface area contributed by atoms with E-state index in [0.717, 1.165) is 13.0 Å². The zero-order valence-corrected chi connectivity index (χ0v) is 12.0. The number of carbonyl (C=O) groups is 1. The lowest BCUT2D eigenvalue weighted by molar-refractivity contribution is -0.118. The van der Waals surface area contributed by atoms with Crippen LogP contribution in [0, 0.1) is 5.92 Å². The topological polar surface area (TPSA) is 41.1 Å². The van der Waals surface area contributed by atoms with Crippen LogP contribution in [-0.2, 0) is 4.79 Å². The summed E-state index contributed by atoms with van der Waals surface area (Å²) >= 11 is 17.9. The average Bonchev–Trinajstić information content (AvgIpc) is 2.69. The Hall–Kier alpha value is -0.480. The molecule has 0 bridgehead atoms. The normalized spacial score (nSPS) is 23.1. The van der Waals surface area contributed by atoms with Gasteiger partial charge in [-0.1, -0.05) is 41.7 Å². The molecule has 1 heterocycles. The van der Waals surface area contributed by atoms with E-state index in [1.54, 1.807) is 12.1 Å². The Morgan fingerprint density at radius 3 is 2.44 bits per heavy atom. The fourth-order valence-electron chi connectivity index (χ4n) is 2.05. The molecule has 1 fully saturated rings. The van der Waals surface area contributed by atoms with Crippen molar-refractivity contribution in [3.63, 3.8) is 0 Å². The van der Waals surface area contributed by atoms with Crippen molar-refractivity contribution in [1.82, 2.24) is 5.32 Å². The largest absolute Gasteiger partial charge is 0.322 e. The van der Waals surface area contributed by atoms with E-state index in [2.05, 4.69) is 10.6 Å². The average molecular weight is 308 g/mol. The highest BCUT2D eigenvalue weighted by molar-refractivity contribution is 6.42. The maximum Gasteiger partial charge on any atom is 0.241 e. The lowest BCUT2D eigenvalue weighted by Crippen LogP contribution is -2.39. The van der Waals surface area contributed by atoms with E-state index in [-0.39, 0.29) is 11.9 Å². The van der Waals surface area contributed by atoms with Gasteiger partial charge in [0.05, 0.1) is 21.8 Å². The Labute approximate surface area is 121 Å². The second-order valence-electron chi connectivity index (χ2n) is 4.43. The lowest BCUT2D eigenvalue weighted by atomic mass is 10.0. The van der Waals surface area contributed by atoms with E-state index in [1.807, 2.05) is 6.92 Å². The van der Waals surface area contributed by atoms with Crippen molar-refractivity contribution in [1.29, 1.82) is 0 Å². The second-order valence-corrected chi connectivity index (χ2v) is 5.68. The van der Waals surface area contributed by atoms with Gasteiger partial charge in [-0.05, 0) is 31.0 Å². The minimum absolute atomic E-state index is 0.119. The monoisotopic (exact) mass is 306 g/mol. The third-order valence-corrected chi connectivity index (χ3v) is 3.88.